The highest BCUT2D eigenvalue weighted by Crippen LogP contribution is 2.21. The van der Waals surface area contributed by atoms with Crippen LogP contribution in [0.3, 0.4) is 0 Å². The zero-order valence-corrected chi connectivity index (χ0v) is 8.62. The topological polar surface area (TPSA) is 46.3 Å². The van der Waals surface area contributed by atoms with Crippen molar-refractivity contribution in [2.24, 2.45) is 5.73 Å². The molecule has 0 aliphatic carbocycles. The summed E-state index contributed by atoms with van der Waals surface area (Å²) in [5, 5.41) is 0. The second kappa shape index (κ2) is 4.61. The highest BCUT2D eigenvalue weighted by atomic mass is 16.1. The number of primary amides is 1. The third kappa shape index (κ3) is 2.99. The molecule has 1 fully saturated rings. The highest BCUT2D eigenvalue weighted by Gasteiger charge is 2.25. The first-order chi connectivity index (χ1) is 6.11. The van der Waals surface area contributed by atoms with Crippen LogP contribution in [-0.2, 0) is 4.79 Å². The van der Waals surface area contributed by atoms with Crippen LogP contribution in [0.1, 0.15) is 39.5 Å². The molecule has 2 N–H and O–H groups in total. The summed E-state index contributed by atoms with van der Waals surface area (Å²) >= 11 is 0. The van der Waals surface area contributed by atoms with Gasteiger partial charge in [-0.3, -0.25) is 9.69 Å². The molecular weight excluding hydrogens is 164 g/mol. The van der Waals surface area contributed by atoms with Gasteiger partial charge < -0.3 is 5.73 Å². The van der Waals surface area contributed by atoms with Gasteiger partial charge in [-0.15, -0.1) is 0 Å². The molecule has 13 heavy (non-hydrogen) atoms. The van der Waals surface area contributed by atoms with Gasteiger partial charge in [0.25, 0.3) is 0 Å². The summed E-state index contributed by atoms with van der Waals surface area (Å²) in [7, 11) is 0. The maximum absolute atomic E-state index is 10.8. The maximum Gasteiger partial charge on any atom is 0.218 e. The Kier molecular flexibility index (Phi) is 3.72. The van der Waals surface area contributed by atoms with E-state index in [1.807, 2.05) is 0 Å². The Hall–Kier alpha value is -0.570. The smallest absolute Gasteiger partial charge is 0.218 e. The Morgan fingerprint density at radius 3 is 2.77 bits per heavy atom. The molecule has 0 bridgehead atoms. The molecule has 1 atom stereocenters. The van der Waals surface area contributed by atoms with Crippen molar-refractivity contribution in [1.82, 2.24) is 4.90 Å². The molecular formula is C10H20N2O. The summed E-state index contributed by atoms with van der Waals surface area (Å²) in [6.45, 7) is 5.48. The molecule has 1 aliphatic rings. The fraction of sp³-hybridized carbons (Fsp3) is 0.900. The number of rotatable bonds is 3. The molecule has 0 aromatic carbocycles. The number of likely N-dealkylation sites (tertiary alicyclic amines) is 1. The zero-order valence-electron chi connectivity index (χ0n) is 8.62. The normalized spacial score (nSPS) is 25.0. The van der Waals surface area contributed by atoms with Crippen molar-refractivity contribution >= 4 is 5.91 Å². The number of nitrogens with zero attached hydrogens (tertiary/aromatic N) is 1. The lowest BCUT2D eigenvalue weighted by Gasteiger charge is -2.38. The van der Waals surface area contributed by atoms with E-state index in [0.29, 0.717) is 18.5 Å². The van der Waals surface area contributed by atoms with E-state index in [0.717, 1.165) is 13.0 Å². The quantitative estimate of drug-likeness (QED) is 0.714. The Morgan fingerprint density at radius 1 is 1.54 bits per heavy atom. The number of nitrogens with two attached hydrogens (primary N) is 1. The molecule has 1 amide bonds. The van der Waals surface area contributed by atoms with Gasteiger partial charge in [-0.1, -0.05) is 6.42 Å². The van der Waals surface area contributed by atoms with E-state index in [1.54, 1.807) is 0 Å². The van der Waals surface area contributed by atoms with E-state index < -0.39 is 0 Å². The summed E-state index contributed by atoms with van der Waals surface area (Å²) in [6.07, 6.45) is 4.15. The largest absolute Gasteiger partial charge is 0.370 e. The van der Waals surface area contributed by atoms with Crippen molar-refractivity contribution in [1.29, 1.82) is 0 Å². The van der Waals surface area contributed by atoms with Crippen LogP contribution in [0.5, 0.6) is 0 Å². The summed E-state index contributed by atoms with van der Waals surface area (Å²) in [5.74, 6) is -0.169. The van der Waals surface area contributed by atoms with Gasteiger partial charge in [0.2, 0.25) is 5.91 Å². The van der Waals surface area contributed by atoms with E-state index in [9.17, 15) is 4.79 Å². The first-order valence-corrected chi connectivity index (χ1v) is 5.15. The van der Waals surface area contributed by atoms with Crippen molar-refractivity contribution in [2.75, 3.05) is 6.54 Å². The molecule has 3 heteroatoms. The lowest BCUT2D eigenvalue weighted by atomic mass is 9.97. The number of hydrogen-bond acceptors (Lipinski definition) is 2. The van der Waals surface area contributed by atoms with Crippen LogP contribution in [-0.4, -0.2) is 29.4 Å². The van der Waals surface area contributed by atoms with Crippen LogP contribution in [0, 0.1) is 0 Å². The van der Waals surface area contributed by atoms with Crippen molar-refractivity contribution in [3.63, 3.8) is 0 Å². The fourth-order valence-electron chi connectivity index (χ4n) is 2.15. The van der Waals surface area contributed by atoms with E-state index in [-0.39, 0.29) is 5.91 Å². The standard InChI is InChI=1S/C10H20N2O/c1-8(2)12-6-4-3-5-9(12)7-10(11)13/h8-9H,3-7H2,1-2H3,(H2,11,13). The molecule has 1 aliphatic heterocycles. The molecule has 76 valence electrons. The van der Waals surface area contributed by atoms with Gasteiger partial charge in [0.15, 0.2) is 0 Å². The molecule has 0 aromatic heterocycles. The summed E-state index contributed by atoms with van der Waals surface area (Å²) in [4.78, 5) is 13.2. The first-order valence-electron chi connectivity index (χ1n) is 5.15. The molecule has 0 saturated carbocycles. The van der Waals surface area contributed by atoms with Crippen LogP contribution >= 0.6 is 0 Å². The molecule has 1 heterocycles. The van der Waals surface area contributed by atoms with E-state index >= 15 is 0 Å². The monoisotopic (exact) mass is 184 g/mol. The minimum absolute atomic E-state index is 0.169. The van der Waals surface area contributed by atoms with E-state index in [1.165, 1.54) is 12.8 Å². The molecule has 0 spiro atoms. The van der Waals surface area contributed by atoms with Crippen LogP contribution < -0.4 is 5.73 Å². The first kappa shape index (κ1) is 10.5. The molecule has 3 nitrogen and oxygen atoms in total. The van der Waals surface area contributed by atoms with Gasteiger partial charge in [0.05, 0.1) is 0 Å². The number of carbonyl (C=O) groups excluding carboxylic acids is 1. The van der Waals surface area contributed by atoms with Crippen molar-refractivity contribution in [2.45, 2.75) is 51.6 Å². The van der Waals surface area contributed by atoms with Crippen LogP contribution in [0.15, 0.2) is 0 Å². The Labute approximate surface area is 80.3 Å². The minimum Gasteiger partial charge on any atom is -0.370 e. The molecule has 1 rings (SSSR count). The summed E-state index contributed by atoms with van der Waals surface area (Å²) < 4.78 is 0. The molecule has 0 radical (unpaired) electrons. The second-order valence-corrected chi connectivity index (χ2v) is 4.15. The maximum atomic E-state index is 10.8. The van der Waals surface area contributed by atoms with Gasteiger partial charge >= 0.3 is 0 Å². The van der Waals surface area contributed by atoms with Gasteiger partial charge in [0, 0.05) is 18.5 Å². The van der Waals surface area contributed by atoms with Crippen molar-refractivity contribution in [3.8, 4) is 0 Å². The number of amides is 1. The van der Waals surface area contributed by atoms with Gasteiger partial charge in [0.1, 0.15) is 0 Å². The minimum atomic E-state index is -0.169. The zero-order chi connectivity index (χ0) is 9.84. The second-order valence-electron chi connectivity index (χ2n) is 4.15. The predicted molar refractivity (Wildman–Crippen MR) is 53.3 cm³/mol. The average molecular weight is 184 g/mol. The van der Waals surface area contributed by atoms with Crippen molar-refractivity contribution < 1.29 is 4.79 Å². The third-order valence-corrected chi connectivity index (χ3v) is 2.77. The lowest BCUT2D eigenvalue weighted by Crippen LogP contribution is -2.45. The summed E-state index contributed by atoms with van der Waals surface area (Å²) in [5.41, 5.74) is 5.22. The lowest BCUT2D eigenvalue weighted by molar-refractivity contribution is -0.119. The Balaban J connectivity index is 2.51. The number of carbonyl (C=O) groups is 1. The third-order valence-electron chi connectivity index (χ3n) is 2.77. The van der Waals surface area contributed by atoms with E-state index in [4.69, 9.17) is 5.73 Å². The van der Waals surface area contributed by atoms with E-state index in [2.05, 4.69) is 18.7 Å². The molecule has 1 saturated heterocycles. The fourth-order valence-corrected chi connectivity index (χ4v) is 2.15. The van der Waals surface area contributed by atoms with Crippen LogP contribution in [0.25, 0.3) is 0 Å². The highest BCUT2D eigenvalue weighted by molar-refractivity contribution is 5.74. The number of piperidine rings is 1. The van der Waals surface area contributed by atoms with Gasteiger partial charge in [-0.25, -0.2) is 0 Å². The SMILES string of the molecule is CC(C)N1CCCCC1CC(N)=O. The van der Waals surface area contributed by atoms with Crippen LogP contribution in [0.2, 0.25) is 0 Å². The van der Waals surface area contributed by atoms with Crippen molar-refractivity contribution in [3.05, 3.63) is 0 Å². The predicted octanol–water partition coefficient (Wildman–Crippen LogP) is 1.12. The van der Waals surface area contributed by atoms with Gasteiger partial charge in [-0.2, -0.15) is 0 Å². The van der Waals surface area contributed by atoms with Gasteiger partial charge in [-0.05, 0) is 33.2 Å². The molecule has 1 unspecified atom stereocenters. The molecule has 0 aromatic rings. The number of hydrogen-bond donors (Lipinski definition) is 1. The Morgan fingerprint density at radius 2 is 2.23 bits per heavy atom. The Bertz CT molecular complexity index is 180. The van der Waals surface area contributed by atoms with Crippen LogP contribution in [0.4, 0.5) is 0 Å². The average Bonchev–Trinajstić information content (AvgIpc) is 2.03. The summed E-state index contributed by atoms with van der Waals surface area (Å²) in [6, 6.07) is 0.927.